The summed E-state index contributed by atoms with van der Waals surface area (Å²) in [5.41, 5.74) is 7.37. The molecule has 4 rings (SSSR count). The number of aliphatic imine (C=N–C) groups is 1. The van der Waals surface area contributed by atoms with Crippen LogP contribution in [0.25, 0.3) is 0 Å². The summed E-state index contributed by atoms with van der Waals surface area (Å²) in [4.78, 5) is 37.1. The van der Waals surface area contributed by atoms with Gasteiger partial charge >= 0.3 is 6.18 Å². The van der Waals surface area contributed by atoms with Crippen molar-refractivity contribution in [2.24, 2.45) is 10.7 Å². The maximum atomic E-state index is 13.6. The van der Waals surface area contributed by atoms with Gasteiger partial charge in [-0.2, -0.15) is 13.2 Å². The van der Waals surface area contributed by atoms with E-state index in [1.165, 1.54) is 9.80 Å². The summed E-state index contributed by atoms with van der Waals surface area (Å²) in [5.74, 6) is -1.87. The number of alkyl halides is 3. The molecular formula is C28H30F3N5O4. The molecule has 2 aliphatic rings. The summed E-state index contributed by atoms with van der Waals surface area (Å²) in [5, 5.41) is 9.95. The summed E-state index contributed by atoms with van der Waals surface area (Å²) in [6.45, 7) is 8.10. The molecule has 3 heterocycles. The van der Waals surface area contributed by atoms with Crippen LogP contribution in [0.1, 0.15) is 47.8 Å². The predicted molar refractivity (Wildman–Crippen MR) is 142 cm³/mol. The number of ether oxygens (including phenoxy) is 1. The van der Waals surface area contributed by atoms with Gasteiger partial charge in [0, 0.05) is 25.7 Å². The minimum Gasteiger partial charge on any atom is -0.506 e. The number of aromatic hydroxyl groups is 1. The van der Waals surface area contributed by atoms with Crippen LogP contribution in [0, 0.1) is 0 Å². The lowest BCUT2D eigenvalue weighted by Gasteiger charge is -2.42. The van der Waals surface area contributed by atoms with Gasteiger partial charge in [-0.3, -0.25) is 14.6 Å². The molecule has 0 aliphatic carbocycles. The Hall–Kier alpha value is -4.35. The summed E-state index contributed by atoms with van der Waals surface area (Å²) >= 11 is 0. The number of pyridine rings is 1. The van der Waals surface area contributed by atoms with Gasteiger partial charge in [0.2, 0.25) is 5.91 Å². The molecule has 1 atom stereocenters. The molecule has 1 unspecified atom stereocenters. The fourth-order valence-electron chi connectivity index (χ4n) is 4.74. The van der Waals surface area contributed by atoms with Gasteiger partial charge in [-0.25, -0.2) is 4.98 Å². The maximum absolute atomic E-state index is 13.6. The van der Waals surface area contributed by atoms with E-state index in [-0.39, 0.29) is 44.1 Å². The van der Waals surface area contributed by atoms with E-state index in [4.69, 9.17) is 15.5 Å². The number of piperidine rings is 1. The number of halogens is 3. The zero-order valence-corrected chi connectivity index (χ0v) is 22.1. The number of hydrogen-bond acceptors (Lipinski definition) is 7. The predicted octanol–water partition coefficient (Wildman–Crippen LogP) is 4.13. The Morgan fingerprint density at radius 2 is 1.95 bits per heavy atom. The van der Waals surface area contributed by atoms with Gasteiger partial charge in [-0.05, 0) is 35.8 Å². The number of hydrogen-bond donors (Lipinski definition) is 2. The lowest BCUT2D eigenvalue weighted by molar-refractivity contribution is -0.142. The molecule has 212 valence electrons. The average molecular weight is 558 g/mol. The number of benzene rings is 1. The van der Waals surface area contributed by atoms with Gasteiger partial charge in [-0.15, -0.1) is 0 Å². The highest BCUT2D eigenvalue weighted by molar-refractivity contribution is 6.06. The second kappa shape index (κ2) is 11.4. The van der Waals surface area contributed by atoms with E-state index in [9.17, 15) is 27.9 Å². The molecule has 2 aliphatic heterocycles. The van der Waals surface area contributed by atoms with Gasteiger partial charge in [0.1, 0.15) is 12.4 Å². The largest absolute Gasteiger partial charge is 0.506 e. The Morgan fingerprint density at radius 1 is 1.25 bits per heavy atom. The molecule has 0 bridgehead atoms. The average Bonchev–Trinajstić information content (AvgIpc) is 2.90. The van der Waals surface area contributed by atoms with E-state index in [1.54, 1.807) is 0 Å². The van der Waals surface area contributed by atoms with Crippen LogP contribution >= 0.6 is 0 Å². The third-order valence-corrected chi connectivity index (χ3v) is 6.84. The highest BCUT2D eigenvalue weighted by atomic mass is 19.4. The molecular weight excluding hydrogens is 527 g/mol. The molecule has 2 amide bonds. The summed E-state index contributed by atoms with van der Waals surface area (Å²) in [7, 11) is 0. The van der Waals surface area contributed by atoms with Crippen molar-refractivity contribution in [1.82, 2.24) is 14.8 Å². The molecule has 0 saturated carbocycles. The first kappa shape index (κ1) is 28.7. The fraction of sp³-hybridized carbons (Fsp3) is 0.357. The highest BCUT2D eigenvalue weighted by Crippen LogP contribution is 2.35. The van der Waals surface area contributed by atoms with Crippen molar-refractivity contribution in [2.45, 2.75) is 38.4 Å². The van der Waals surface area contributed by atoms with Crippen LogP contribution in [-0.4, -0.2) is 69.7 Å². The molecule has 12 heteroatoms. The smallest absolute Gasteiger partial charge is 0.437 e. The van der Waals surface area contributed by atoms with Crippen LogP contribution in [-0.2, 0) is 15.7 Å². The minimum atomic E-state index is -4.89. The molecule has 40 heavy (non-hydrogen) atoms. The SMILES string of the molecule is C=CC(=O)N1CCO/C(N)=C2/C(=Nc3ccc(C(C)C)cc3)CCN(C(=O)c3cnc(C(F)(F)F)c(O)c3)C2C1. The van der Waals surface area contributed by atoms with Crippen molar-refractivity contribution in [1.29, 1.82) is 0 Å². The van der Waals surface area contributed by atoms with Crippen LogP contribution < -0.4 is 5.73 Å². The third kappa shape index (κ3) is 5.95. The van der Waals surface area contributed by atoms with E-state index in [1.807, 2.05) is 24.3 Å². The highest BCUT2D eigenvalue weighted by Gasteiger charge is 2.41. The van der Waals surface area contributed by atoms with E-state index in [0.717, 1.165) is 23.9 Å². The van der Waals surface area contributed by atoms with E-state index < -0.39 is 35.5 Å². The zero-order valence-electron chi connectivity index (χ0n) is 22.1. The van der Waals surface area contributed by atoms with Crippen molar-refractivity contribution < 1.29 is 32.6 Å². The van der Waals surface area contributed by atoms with Crippen molar-refractivity contribution in [3.05, 3.63) is 77.5 Å². The van der Waals surface area contributed by atoms with Crippen molar-refractivity contribution in [3.63, 3.8) is 0 Å². The van der Waals surface area contributed by atoms with Crippen LogP contribution in [0.3, 0.4) is 0 Å². The maximum Gasteiger partial charge on any atom is 0.437 e. The van der Waals surface area contributed by atoms with E-state index in [0.29, 0.717) is 22.9 Å². The van der Waals surface area contributed by atoms with Gasteiger partial charge in [-0.1, -0.05) is 32.6 Å². The first-order chi connectivity index (χ1) is 18.9. The standard InChI is InChI=1S/C28H30F3N5O4/c1-4-23(38)35-11-12-40-26(32)24-20(34-19-7-5-17(6-8-19)16(2)3)9-10-36(21(24)15-35)27(39)18-13-22(37)25(33-14-18)28(29,30)31/h4-8,13-14,16,21,37H,1,9-12,15,32H2,2-3H3/b26-24-,34-20?. The molecule has 2 aromatic rings. The fourth-order valence-corrected chi connectivity index (χ4v) is 4.74. The number of nitrogens with two attached hydrogens (primary N) is 1. The second-order valence-electron chi connectivity index (χ2n) is 9.77. The van der Waals surface area contributed by atoms with Crippen LogP contribution in [0.5, 0.6) is 5.75 Å². The Bertz CT molecular complexity index is 1370. The van der Waals surface area contributed by atoms with Gasteiger partial charge < -0.3 is 25.4 Å². The molecule has 1 aromatic carbocycles. The number of fused-ring (bicyclic) bond motifs is 1. The number of carbonyl (C=O) groups excluding carboxylic acids is 2. The molecule has 0 radical (unpaired) electrons. The zero-order chi connectivity index (χ0) is 29.2. The summed E-state index contributed by atoms with van der Waals surface area (Å²) in [6.07, 6.45) is -2.72. The van der Waals surface area contributed by atoms with Crippen molar-refractivity contribution >= 4 is 23.2 Å². The molecule has 9 nitrogen and oxygen atoms in total. The van der Waals surface area contributed by atoms with E-state index in [2.05, 4.69) is 25.4 Å². The van der Waals surface area contributed by atoms with Gasteiger partial charge in [0.25, 0.3) is 5.91 Å². The third-order valence-electron chi connectivity index (χ3n) is 6.84. The van der Waals surface area contributed by atoms with Gasteiger partial charge in [0.05, 0.1) is 35.1 Å². The lowest BCUT2D eigenvalue weighted by Crippen LogP contribution is -2.55. The topological polar surface area (TPSA) is 121 Å². The molecule has 3 N–H and O–H groups in total. The quantitative estimate of drug-likeness (QED) is 0.546. The van der Waals surface area contributed by atoms with Crippen LogP contribution in [0.4, 0.5) is 18.9 Å². The van der Waals surface area contributed by atoms with Crippen molar-refractivity contribution in [2.75, 3.05) is 26.2 Å². The number of amides is 2. The number of aromatic nitrogens is 1. The Balaban J connectivity index is 1.76. The summed E-state index contributed by atoms with van der Waals surface area (Å²) < 4.78 is 45.1. The molecule has 0 spiro atoms. The first-order valence-corrected chi connectivity index (χ1v) is 12.7. The second-order valence-corrected chi connectivity index (χ2v) is 9.77. The monoisotopic (exact) mass is 557 g/mol. The first-order valence-electron chi connectivity index (χ1n) is 12.7. The number of carbonyl (C=O) groups is 2. The minimum absolute atomic E-state index is 0.0152. The van der Waals surface area contributed by atoms with Crippen LogP contribution in [0.2, 0.25) is 0 Å². The Morgan fingerprint density at radius 3 is 2.55 bits per heavy atom. The van der Waals surface area contributed by atoms with E-state index >= 15 is 0 Å². The van der Waals surface area contributed by atoms with Crippen molar-refractivity contribution in [3.8, 4) is 5.75 Å². The number of rotatable bonds is 4. The molecule has 1 saturated heterocycles. The van der Waals surface area contributed by atoms with Crippen LogP contribution in [0.15, 0.2) is 65.6 Å². The Labute approximate surface area is 229 Å². The number of nitrogens with zero attached hydrogens (tertiary/aromatic N) is 4. The summed E-state index contributed by atoms with van der Waals surface area (Å²) in [6, 6.07) is 7.58. The van der Waals surface area contributed by atoms with Gasteiger partial charge in [0.15, 0.2) is 11.6 Å². The number of likely N-dealkylation sites (tertiary alicyclic amines) is 1. The molecule has 1 fully saturated rings. The molecule has 1 aromatic heterocycles. The lowest BCUT2D eigenvalue weighted by atomic mass is 9.91. The normalized spacial score (nSPS) is 20.9. The Kier molecular flexibility index (Phi) is 8.17.